The van der Waals surface area contributed by atoms with Crippen molar-refractivity contribution in [3.05, 3.63) is 145 Å². The molecule has 0 radical (unpaired) electrons. The molecule has 0 unspecified atom stereocenters. The highest BCUT2D eigenvalue weighted by Gasteiger charge is 2.29. The van der Waals surface area contributed by atoms with E-state index in [0.29, 0.717) is 0 Å². The van der Waals surface area contributed by atoms with Crippen molar-refractivity contribution in [2.75, 3.05) is 0 Å². The van der Waals surface area contributed by atoms with Gasteiger partial charge in [-0.2, -0.15) is 4.57 Å². The minimum atomic E-state index is 0.980. The first kappa shape index (κ1) is 24.5. The first-order valence-corrected chi connectivity index (χ1v) is 13.4. The van der Waals surface area contributed by atoms with Gasteiger partial charge in [0.15, 0.2) is 0 Å². The number of hydrogen-bond acceptors (Lipinski definition) is 1. The van der Waals surface area contributed by atoms with E-state index in [1.165, 1.54) is 33.4 Å². The van der Waals surface area contributed by atoms with Crippen molar-refractivity contribution in [1.82, 2.24) is 4.98 Å². The summed E-state index contributed by atoms with van der Waals surface area (Å²) in [5.74, 6) is 0. The highest BCUT2D eigenvalue weighted by atomic mass is 15.0. The third kappa shape index (κ3) is 4.55. The number of aryl methyl sites for hydroxylation is 1. The monoisotopic (exact) mass is 503 g/mol. The lowest BCUT2D eigenvalue weighted by atomic mass is 9.89. The van der Waals surface area contributed by atoms with Gasteiger partial charge in [-0.25, -0.2) is 4.98 Å². The molecule has 0 N–H and O–H groups in total. The fraction of sp³-hybridized carbons (Fsp3) is 0.0811. The van der Waals surface area contributed by atoms with Crippen LogP contribution in [0.2, 0.25) is 0 Å². The minimum Gasteiger partial charge on any atom is -0.234 e. The number of nitrogens with zero attached hydrogens (tertiary/aromatic N) is 2. The van der Waals surface area contributed by atoms with Gasteiger partial charge in [0.05, 0.1) is 5.56 Å². The van der Waals surface area contributed by atoms with Gasteiger partial charge in [0.2, 0.25) is 11.4 Å². The summed E-state index contributed by atoms with van der Waals surface area (Å²) in [6, 6.07) is 47.0. The molecule has 1 heterocycles. The maximum Gasteiger partial charge on any atom is 0.240 e. The zero-order valence-electron chi connectivity index (χ0n) is 22.6. The molecule has 0 atom stereocenters. The predicted octanol–water partition coefficient (Wildman–Crippen LogP) is 8.86. The largest absolute Gasteiger partial charge is 0.240 e. The van der Waals surface area contributed by atoms with Crippen molar-refractivity contribution < 1.29 is 4.57 Å². The van der Waals surface area contributed by atoms with Crippen LogP contribution in [-0.2, 0) is 7.05 Å². The molecular weight excluding hydrogens is 472 g/mol. The molecule has 0 saturated carbocycles. The van der Waals surface area contributed by atoms with E-state index in [0.717, 1.165) is 33.9 Å². The Kier molecular flexibility index (Phi) is 6.61. The van der Waals surface area contributed by atoms with Crippen molar-refractivity contribution in [2.45, 2.75) is 13.8 Å². The van der Waals surface area contributed by atoms with Crippen LogP contribution in [0.5, 0.6) is 0 Å². The van der Waals surface area contributed by atoms with Crippen LogP contribution >= 0.6 is 0 Å². The summed E-state index contributed by atoms with van der Waals surface area (Å²) in [7, 11) is 2.18. The molecule has 1 aromatic heterocycles. The number of rotatable bonds is 5. The van der Waals surface area contributed by atoms with Gasteiger partial charge < -0.3 is 0 Å². The predicted molar refractivity (Wildman–Crippen MR) is 162 cm³/mol. The van der Waals surface area contributed by atoms with E-state index >= 15 is 0 Å². The standard InChI is InChI=1S/C37H31N2/c1-26-16-15-25-32(29-19-9-5-10-20-29)34(26)37-36(33-24-14-13-23-31(33)28-17-7-4-8-18-28)38-35(27(2)39(37)3)30-21-11-6-12-22-30/h4-25H,1-3H3/q+1. The molecule has 0 fully saturated rings. The summed E-state index contributed by atoms with van der Waals surface area (Å²) >= 11 is 0. The molecule has 6 aromatic rings. The Labute approximate surface area is 230 Å². The van der Waals surface area contributed by atoms with Crippen LogP contribution in [0.1, 0.15) is 11.3 Å². The van der Waals surface area contributed by atoms with Crippen LogP contribution in [0.3, 0.4) is 0 Å². The maximum absolute atomic E-state index is 5.49. The molecule has 0 aliphatic rings. The Hall–Kier alpha value is -4.82. The van der Waals surface area contributed by atoms with E-state index in [4.69, 9.17) is 4.98 Å². The van der Waals surface area contributed by atoms with Gasteiger partial charge >= 0.3 is 0 Å². The molecule has 5 aromatic carbocycles. The minimum absolute atomic E-state index is 0.980. The molecule has 0 amide bonds. The average molecular weight is 504 g/mol. The van der Waals surface area contributed by atoms with Gasteiger partial charge in [0.1, 0.15) is 18.4 Å². The third-order valence-corrected chi connectivity index (χ3v) is 7.54. The Bertz CT molecular complexity index is 1760. The van der Waals surface area contributed by atoms with E-state index in [1.807, 2.05) is 0 Å². The molecule has 2 heteroatoms. The second kappa shape index (κ2) is 10.5. The molecule has 39 heavy (non-hydrogen) atoms. The summed E-state index contributed by atoms with van der Waals surface area (Å²) in [4.78, 5) is 5.49. The van der Waals surface area contributed by atoms with E-state index < -0.39 is 0 Å². The lowest BCUT2D eigenvalue weighted by molar-refractivity contribution is -0.666. The summed E-state index contributed by atoms with van der Waals surface area (Å²) in [5.41, 5.74) is 13.6. The zero-order chi connectivity index (χ0) is 26.8. The van der Waals surface area contributed by atoms with Crippen LogP contribution in [0.15, 0.2) is 133 Å². The number of benzene rings is 5. The Balaban J connectivity index is 1.73. The number of hydrogen-bond donors (Lipinski definition) is 0. The van der Waals surface area contributed by atoms with Crippen molar-refractivity contribution >= 4 is 0 Å². The van der Waals surface area contributed by atoms with Crippen LogP contribution < -0.4 is 4.57 Å². The van der Waals surface area contributed by atoms with E-state index in [2.05, 4.69) is 159 Å². The van der Waals surface area contributed by atoms with Crippen LogP contribution in [-0.4, -0.2) is 4.98 Å². The highest BCUT2D eigenvalue weighted by Crippen LogP contribution is 2.41. The molecule has 0 aliphatic carbocycles. The fourth-order valence-electron chi connectivity index (χ4n) is 5.47. The maximum atomic E-state index is 5.49. The SMILES string of the molecule is Cc1cccc(-c2ccccc2)c1-c1c(-c2ccccc2-c2ccccc2)nc(-c2ccccc2)c(C)[n+]1C. The zero-order valence-corrected chi connectivity index (χ0v) is 22.6. The lowest BCUT2D eigenvalue weighted by Gasteiger charge is -2.18. The molecule has 188 valence electrons. The quantitative estimate of drug-likeness (QED) is 0.215. The molecule has 0 aliphatic heterocycles. The van der Waals surface area contributed by atoms with E-state index in [1.54, 1.807) is 0 Å². The lowest BCUT2D eigenvalue weighted by Crippen LogP contribution is -2.37. The molecule has 2 nitrogen and oxygen atoms in total. The molecular formula is C37H31N2+. The Morgan fingerprint density at radius 1 is 0.462 bits per heavy atom. The first-order chi connectivity index (χ1) is 19.1. The van der Waals surface area contributed by atoms with Gasteiger partial charge in [0, 0.05) is 18.1 Å². The molecule has 0 saturated heterocycles. The Morgan fingerprint density at radius 3 is 1.56 bits per heavy atom. The summed E-state index contributed by atoms with van der Waals surface area (Å²) in [5, 5.41) is 0. The normalized spacial score (nSPS) is 10.9. The van der Waals surface area contributed by atoms with Gasteiger partial charge in [-0.05, 0) is 34.7 Å². The second-order valence-electron chi connectivity index (χ2n) is 9.94. The van der Waals surface area contributed by atoms with Gasteiger partial charge in [-0.15, -0.1) is 0 Å². The van der Waals surface area contributed by atoms with Gasteiger partial charge in [-0.1, -0.05) is 133 Å². The molecule has 0 spiro atoms. The van der Waals surface area contributed by atoms with E-state index in [9.17, 15) is 0 Å². The van der Waals surface area contributed by atoms with Crippen LogP contribution in [0, 0.1) is 13.8 Å². The summed E-state index contributed by atoms with van der Waals surface area (Å²) in [6.07, 6.45) is 0. The van der Waals surface area contributed by atoms with Crippen molar-refractivity contribution in [1.29, 1.82) is 0 Å². The van der Waals surface area contributed by atoms with Crippen LogP contribution in [0.25, 0.3) is 56.0 Å². The van der Waals surface area contributed by atoms with Crippen molar-refractivity contribution in [2.24, 2.45) is 7.05 Å². The smallest absolute Gasteiger partial charge is 0.234 e. The highest BCUT2D eigenvalue weighted by molar-refractivity contribution is 5.93. The van der Waals surface area contributed by atoms with Crippen LogP contribution in [0.4, 0.5) is 0 Å². The average Bonchev–Trinajstić information content (AvgIpc) is 3.00. The molecule has 0 bridgehead atoms. The van der Waals surface area contributed by atoms with Crippen molar-refractivity contribution in [3.8, 4) is 56.0 Å². The topological polar surface area (TPSA) is 16.8 Å². The fourth-order valence-corrected chi connectivity index (χ4v) is 5.47. The number of aromatic nitrogens is 2. The summed E-state index contributed by atoms with van der Waals surface area (Å²) < 4.78 is 2.33. The second-order valence-corrected chi connectivity index (χ2v) is 9.94. The molecule has 6 rings (SSSR count). The van der Waals surface area contributed by atoms with Crippen molar-refractivity contribution in [3.63, 3.8) is 0 Å². The third-order valence-electron chi connectivity index (χ3n) is 7.54. The first-order valence-electron chi connectivity index (χ1n) is 13.4. The van der Waals surface area contributed by atoms with Gasteiger partial charge in [-0.3, -0.25) is 0 Å². The van der Waals surface area contributed by atoms with Gasteiger partial charge in [0.25, 0.3) is 0 Å². The van der Waals surface area contributed by atoms with E-state index in [-0.39, 0.29) is 0 Å². The Morgan fingerprint density at radius 2 is 0.949 bits per heavy atom. The summed E-state index contributed by atoms with van der Waals surface area (Å²) in [6.45, 7) is 4.38.